The van der Waals surface area contributed by atoms with Crippen molar-refractivity contribution in [2.75, 3.05) is 21.1 Å². The zero-order valence-electron chi connectivity index (χ0n) is 15.8. The van der Waals surface area contributed by atoms with Crippen LogP contribution < -0.4 is 0 Å². The highest BCUT2D eigenvalue weighted by atomic mass is 79.9. The minimum atomic E-state index is 0. The van der Waals surface area contributed by atoms with E-state index in [2.05, 4.69) is 13.8 Å². The van der Waals surface area contributed by atoms with Gasteiger partial charge in [-0.05, 0) is 21.1 Å². The predicted molar refractivity (Wildman–Crippen MR) is 106 cm³/mol. The molecule has 132 valence electrons. The van der Waals surface area contributed by atoms with E-state index in [1.54, 1.807) is 0 Å². The van der Waals surface area contributed by atoms with Gasteiger partial charge in [-0.3, -0.25) is 0 Å². The molecule has 0 aromatic rings. The zero-order chi connectivity index (χ0) is 15.5. The van der Waals surface area contributed by atoms with E-state index in [-0.39, 0.29) is 17.0 Å². The molecule has 0 radical (unpaired) electrons. The highest BCUT2D eigenvalue weighted by Gasteiger charge is 1.92. The molecule has 0 aliphatic rings. The SMILES string of the molecule is Br.CCCCCCCCCCCCCCCC.CN(C)C. The second-order valence-corrected chi connectivity index (χ2v) is 6.58. The van der Waals surface area contributed by atoms with Crippen LogP contribution >= 0.6 is 17.0 Å². The molecule has 0 atom stereocenters. The Balaban J connectivity index is -0.000000572. The van der Waals surface area contributed by atoms with Gasteiger partial charge < -0.3 is 4.90 Å². The van der Waals surface area contributed by atoms with Crippen LogP contribution in [0.25, 0.3) is 0 Å². The summed E-state index contributed by atoms with van der Waals surface area (Å²) in [7, 11) is 6.00. The molecule has 0 amide bonds. The molecule has 0 unspecified atom stereocenters. The fraction of sp³-hybridized carbons (Fsp3) is 1.00. The Hall–Kier alpha value is 0.440. The van der Waals surface area contributed by atoms with Gasteiger partial charge in [-0.15, -0.1) is 17.0 Å². The Labute approximate surface area is 147 Å². The van der Waals surface area contributed by atoms with Gasteiger partial charge in [0.1, 0.15) is 0 Å². The largest absolute Gasteiger partial charge is 0.312 e. The molecule has 0 fully saturated rings. The average molecular weight is 366 g/mol. The van der Waals surface area contributed by atoms with Crippen LogP contribution in [0.3, 0.4) is 0 Å². The van der Waals surface area contributed by atoms with Gasteiger partial charge in [0.15, 0.2) is 0 Å². The van der Waals surface area contributed by atoms with Gasteiger partial charge in [-0.25, -0.2) is 0 Å². The van der Waals surface area contributed by atoms with E-state index in [0.717, 1.165) is 0 Å². The number of rotatable bonds is 13. The number of hydrogen-bond acceptors (Lipinski definition) is 1. The minimum absolute atomic E-state index is 0. The monoisotopic (exact) mass is 365 g/mol. The van der Waals surface area contributed by atoms with Crippen LogP contribution in [0.15, 0.2) is 0 Å². The number of unbranched alkanes of at least 4 members (excludes halogenated alkanes) is 13. The summed E-state index contributed by atoms with van der Waals surface area (Å²) in [5.41, 5.74) is 0. The third kappa shape index (κ3) is 38.5. The van der Waals surface area contributed by atoms with E-state index in [1.807, 2.05) is 26.0 Å². The van der Waals surface area contributed by atoms with Crippen LogP contribution in [0, 0.1) is 0 Å². The Morgan fingerprint density at radius 2 is 0.571 bits per heavy atom. The van der Waals surface area contributed by atoms with Crippen molar-refractivity contribution in [2.45, 2.75) is 104 Å². The summed E-state index contributed by atoms with van der Waals surface area (Å²) in [5, 5.41) is 0. The molecule has 0 aromatic carbocycles. The van der Waals surface area contributed by atoms with Crippen molar-refractivity contribution in [1.29, 1.82) is 0 Å². The molecule has 0 bridgehead atoms. The molecule has 0 spiro atoms. The molecule has 2 heteroatoms. The summed E-state index contributed by atoms with van der Waals surface area (Å²) < 4.78 is 0. The van der Waals surface area contributed by atoms with Gasteiger partial charge in [0.05, 0.1) is 0 Å². The Kier molecular flexibility index (Phi) is 31.9. The van der Waals surface area contributed by atoms with Crippen LogP contribution in [-0.4, -0.2) is 26.0 Å². The molecule has 0 aromatic heterocycles. The van der Waals surface area contributed by atoms with Crippen molar-refractivity contribution in [3.63, 3.8) is 0 Å². The molecular weight excluding hydrogens is 322 g/mol. The van der Waals surface area contributed by atoms with Crippen LogP contribution in [0.1, 0.15) is 104 Å². The van der Waals surface area contributed by atoms with Crippen molar-refractivity contribution < 1.29 is 0 Å². The van der Waals surface area contributed by atoms with E-state index in [4.69, 9.17) is 0 Å². The molecule has 0 aliphatic heterocycles. The number of nitrogens with zero attached hydrogens (tertiary/aromatic N) is 1. The van der Waals surface area contributed by atoms with E-state index in [0.29, 0.717) is 0 Å². The van der Waals surface area contributed by atoms with Gasteiger partial charge in [-0.1, -0.05) is 104 Å². The first-order valence-electron chi connectivity index (χ1n) is 9.26. The number of halogens is 1. The van der Waals surface area contributed by atoms with Crippen LogP contribution in [0.2, 0.25) is 0 Å². The number of hydrogen-bond donors (Lipinski definition) is 0. The van der Waals surface area contributed by atoms with Gasteiger partial charge in [-0.2, -0.15) is 0 Å². The lowest BCUT2D eigenvalue weighted by Crippen LogP contribution is -1.99. The fourth-order valence-corrected chi connectivity index (χ4v) is 2.27. The van der Waals surface area contributed by atoms with Gasteiger partial charge in [0.2, 0.25) is 0 Å². The molecular formula is C19H44BrN. The molecule has 1 nitrogen and oxygen atoms in total. The maximum Gasteiger partial charge on any atom is -0.0140 e. The average Bonchev–Trinajstić information content (AvgIpc) is 2.39. The zero-order valence-corrected chi connectivity index (χ0v) is 17.5. The van der Waals surface area contributed by atoms with Gasteiger partial charge >= 0.3 is 0 Å². The highest BCUT2D eigenvalue weighted by Crippen LogP contribution is 2.12. The first kappa shape index (κ1) is 26.3. The van der Waals surface area contributed by atoms with Crippen molar-refractivity contribution in [3.8, 4) is 0 Å². The Morgan fingerprint density at radius 3 is 0.714 bits per heavy atom. The lowest BCUT2D eigenvalue weighted by Gasteiger charge is -2.02. The van der Waals surface area contributed by atoms with Crippen LogP contribution in [-0.2, 0) is 0 Å². The molecule has 0 saturated heterocycles. The summed E-state index contributed by atoms with van der Waals surface area (Å²) in [6.45, 7) is 4.58. The van der Waals surface area contributed by atoms with Gasteiger partial charge in [0, 0.05) is 0 Å². The molecule has 0 aliphatic carbocycles. The fourth-order valence-electron chi connectivity index (χ4n) is 2.27. The highest BCUT2D eigenvalue weighted by molar-refractivity contribution is 8.93. The maximum atomic E-state index is 2.29. The third-order valence-corrected chi connectivity index (χ3v) is 3.46. The van der Waals surface area contributed by atoms with Crippen molar-refractivity contribution in [1.82, 2.24) is 4.90 Å². The minimum Gasteiger partial charge on any atom is -0.312 e. The Morgan fingerprint density at radius 1 is 0.429 bits per heavy atom. The first-order chi connectivity index (χ1) is 9.65. The van der Waals surface area contributed by atoms with Crippen molar-refractivity contribution >= 4 is 17.0 Å². The van der Waals surface area contributed by atoms with E-state index >= 15 is 0 Å². The smallest absolute Gasteiger partial charge is 0.0140 e. The second-order valence-electron chi connectivity index (χ2n) is 6.58. The molecule has 0 heterocycles. The molecule has 0 saturated carbocycles. The van der Waals surface area contributed by atoms with Crippen molar-refractivity contribution in [3.05, 3.63) is 0 Å². The first-order valence-corrected chi connectivity index (χ1v) is 9.26. The van der Waals surface area contributed by atoms with Crippen LogP contribution in [0.4, 0.5) is 0 Å². The van der Waals surface area contributed by atoms with Crippen LogP contribution in [0.5, 0.6) is 0 Å². The van der Waals surface area contributed by atoms with E-state index in [9.17, 15) is 0 Å². The summed E-state index contributed by atoms with van der Waals surface area (Å²) in [6, 6.07) is 0. The second kappa shape index (κ2) is 25.4. The third-order valence-electron chi connectivity index (χ3n) is 3.46. The summed E-state index contributed by atoms with van der Waals surface area (Å²) in [4.78, 5) is 2.00. The van der Waals surface area contributed by atoms with Crippen molar-refractivity contribution in [2.24, 2.45) is 0 Å². The summed E-state index contributed by atoms with van der Waals surface area (Å²) in [5.74, 6) is 0. The Bertz CT molecular complexity index is 132. The molecule has 0 rings (SSSR count). The quantitative estimate of drug-likeness (QED) is 0.310. The predicted octanol–water partition coefficient (Wildman–Crippen LogP) is 7.24. The topological polar surface area (TPSA) is 3.24 Å². The standard InChI is InChI=1S/C16H34.C3H9N.BrH/c1-3-5-7-9-11-13-15-16-14-12-10-8-6-4-2;1-4(2)3;/h3-16H2,1-2H3;1-3H3;1H. The normalized spacial score (nSPS) is 10.0. The maximum absolute atomic E-state index is 2.29. The van der Waals surface area contributed by atoms with Gasteiger partial charge in [0.25, 0.3) is 0 Å². The summed E-state index contributed by atoms with van der Waals surface area (Å²) >= 11 is 0. The molecule has 21 heavy (non-hydrogen) atoms. The summed E-state index contributed by atoms with van der Waals surface area (Å²) in [6.07, 6.45) is 20.4. The molecule has 0 N–H and O–H groups in total. The van der Waals surface area contributed by atoms with E-state index in [1.165, 1.54) is 89.9 Å². The lowest BCUT2D eigenvalue weighted by molar-refractivity contribution is 0.505. The van der Waals surface area contributed by atoms with E-state index < -0.39 is 0 Å². The lowest BCUT2D eigenvalue weighted by atomic mass is 10.0.